The summed E-state index contributed by atoms with van der Waals surface area (Å²) in [4.78, 5) is 10.1. The van der Waals surface area contributed by atoms with Crippen molar-refractivity contribution >= 4 is 53.0 Å². The molecule has 0 unspecified atom stereocenters. The fourth-order valence-corrected chi connectivity index (χ4v) is 3.33. The van der Waals surface area contributed by atoms with E-state index in [1.807, 2.05) is 18.8 Å². The lowest BCUT2D eigenvalue weighted by molar-refractivity contribution is 0.731. The van der Waals surface area contributed by atoms with E-state index in [9.17, 15) is 0 Å². The average molecular weight is 442 g/mol. The minimum absolute atomic E-state index is 0. The van der Waals surface area contributed by atoms with E-state index in [-0.39, 0.29) is 24.0 Å². The van der Waals surface area contributed by atoms with Crippen LogP contribution in [0.2, 0.25) is 0 Å². The molecule has 0 radical (unpaired) electrons. The van der Waals surface area contributed by atoms with Crippen LogP contribution in [0.1, 0.15) is 28.4 Å². The Morgan fingerprint density at radius 1 is 1.24 bits per heavy atom. The Kier molecular flexibility index (Phi) is 12.5. The van der Waals surface area contributed by atoms with Gasteiger partial charge in [-0.25, -0.2) is 4.98 Å². The van der Waals surface area contributed by atoms with Gasteiger partial charge in [-0.05, 0) is 38.7 Å². The normalized spacial score (nSPS) is 11.1. The molecule has 122 valence electrons. The molecular formula is C14H27IN4S2. The predicted molar refractivity (Wildman–Crippen MR) is 108 cm³/mol. The van der Waals surface area contributed by atoms with Crippen molar-refractivity contribution in [3.63, 3.8) is 0 Å². The van der Waals surface area contributed by atoms with E-state index in [2.05, 4.69) is 40.7 Å². The third-order valence-corrected chi connectivity index (χ3v) is 4.76. The van der Waals surface area contributed by atoms with Gasteiger partial charge in [-0.15, -0.1) is 35.3 Å². The summed E-state index contributed by atoms with van der Waals surface area (Å²) in [6.45, 7) is 6.02. The minimum atomic E-state index is 0. The molecule has 2 N–H and O–H groups in total. The molecule has 0 fully saturated rings. The van der Waals surface area contributed by atoms with Gasteiger partial charge in [0.1, 0.15) is 0 Å². The molecule has 21 heavy (non-hydrogen) atoms. The SMILES string of the molecule is CN=C(NCCCCSC)NCCc1sc(C)nc1C.I. The van der Waals surface area contributed by atoms with Crippen LogP contribution in [-0.4, -0.2) is 43.1 Å². The van der Waals surface area contributed by atoms with Crippen molar-refractivity contribution in [3.8, 4) is 0 Å². The van der Waals surface area contributed by atoms with Gasteiger partial charge in [-0.1, -0.05) is 0 Å². The maximum absolute atomic E-state index is 4.45. The first-order chi connectivity index (χ1) is 9.67. The monoisotopic (exact) mass is 442 g/mol. The van der Waals surface area contributed by atoms with Crippen molar-refractivity contribution in [2.24, 2.45) is 4.99 Å². The Labute approximate surface area is 154 Å². The first-order valence-corrected chi connectivity index (χ1v) is 9.24. The van der Waals surface area contributed by atoms with Gasteiger partial charge in [0.2, 0.25) is 0 Å². The average Bonchev–Trinajstić information content (AvgIpc) is 2.75. The Morgan fingerprint density at radius 3 is 2.52 bits per heavy atom. The molecule has 0 saturated carbocycles. The number of thiazole rings is 1. The molecule has 0 aromatic carbocycles. The second kappa shape index (κ2) is 12.5. The van der Waals surface area contributed by atoms with E-state index in [1.165, 1.54) is 23.5 Å². The number of thioether (sulfide) groups is 1. The van der Waals surface area contributed by atoms with E-state index in [0.29, 0.717) is 0 Å². The molecule has 0 amide bonds. The predicted octanol–water partition coefficient (Wildman–Crippen LogP) is 3.23. The smallest absolute Gasteiger partial charge is 0.190 e. The van der Waals surface area contributed by atoms with Crippen LogP contribution in [0.15, 0.2) is 4.99 Å². The quantitative estimate of drug-likeness (QED) is 0.281. The lowest BCUT2D eigenvalue weighted by atomic mass is 10.3. The van der Waals surface area contributed by atoms with Crippen LogP contribution >= 0.6 is 47.1 Å². The highest BCUT2D eigenvalue weighted by molar-refractivity contribution is 14.0. The zero-order valence-corrected chi connectivity index (χ0v) is 17.3. The summed E-state index contributed by atoms with van der Waals surface area (Å²) < 4.78 is 0. The molecule has 0 aliphatic heterocycles. The third-order valence-electron chi connectivity index (χ3n) is 2.94. The number of aryl methyl sites for hydroxylation is 2. The fourth-order valence-electron chi connectivity index (χ4n) is 1.90. The zero-order valence-electron chi connectivity index (χ0n) is 13.4. The summed E-state index contributed by atoms with van der Waals surface area (Å²) in [5, 5.41) is 7.86. The number of hydrogen-bond acceptors (Lipinski definition) is 4. The van der Waals surface area contributed by atoms with Crippen molar-refractivity contribution < 1.29 is 0 Å². The lowest BCUT2D eigenvalue weighted by Crippen LogP contribution is -2.38. The van der Waals surface area contributed by atoms with E-state index < -0.39 is 0 Å². The highest BCUT2D eigenvalue weighted by Crippen LogP contribution is 2.16. The molecule has 0 aliphatic carbocycles. The summed E-state index contributed by atoms with van der Waals surface area (Å²) in [5.74, 6) is 2.13. The number of aromatic nitrogens is 1. The van der Waals surface area contributed by atoms with Crippen LogP contribution in [0.4, 0.5) is 0 Å². The second-order valence-corrected chi connectivity index (χ2v) is 6.89. The Morgan fingerprint density at radius 2 is 1.95 bits per heavy atom. The number of unbranched alkanes of at least 4 members (excludes halogenated alkanes) is 1. The summed E-state index contributed by atoms with van der Waals surface area (Å²) in [7, 11) is 1.82. The van der Waals surface area contributed by atoms with Crippen LogP contribution in [-0.2, 0) is 6.42 Å². The van der Waals surface area contributed by atoms with Crippen LogP contribution in [0, 0.1) is 13.8 Å². The van der Waals surface area contributed by atoms with E-state index in [4.69, 9.17) is 0 Å². The molecule has 1 aromatic heterocycles. The summed E-state index contributed by atoms with van der Waals surface area (Å²) in [5.41, 5.74) is 1.16. The number of nitrogens with one attached hydrogen (secondary N) is 2. The molecule has 0 spiro atoms. The molecule has 7 heteroatoms. The second-order valence-electron chi connectivity index (χ2n) is 4.62. The molecule has 1 heterocycles. The molecule has 1 aromatic rings. The number of hydrogen-bond donors (Lipinski definition) is 2. The number of rotatable bonds is 8. The molecule has 0 aliphatic rings. The van der Waals surface area contributed by atoms with E-state index in [0.717, 1.165) is 36.2 Å². The maximum Gasteiger partial charge on any atom is 0.190 e. The topological polar surface area (TPSA) is 49.3 Å². The van der Waals surface area contributed by atoms with Gasteiger partial charge in [0.05, 0.1) is 10.7 Å². The van der Waals surface area contributed by atoms with Gasteiger partial charge in [0.15, 0.2) is 5.96 Å². The first kappa shape index (κ1) is 21.0. The van der Waals surface area contributed by atoms with Crippen molar-refractivity contribution in [1.29, 1.82) is 0 Å². The third kappa shape index (κ3) is 8.87. The molecular weight excluding hydrogens is 415 g/mol. The summed E-state index contributed by atoms with van der Waals surface area (Å²) in [6, 6.07) is 0. The zero-order chi connectivity index (χ0) is 14.8. The molecule has 0 saturated heterocycles. The van der Waals surface area contributed by atoms with Crippen LogP contribution in [0.25, 0.3) is 0 Å². The molecule has 0 bridgehead atoms. The molecule has 4 nitrogen and oxygen atoms in total. The highest BCUT2D eigenvalue weighted by atomic mass is 127. The van der Waals surface area contributed by atoms with Gasteiger partial charge < -0.3 is 10.6 Å². The number of halogens is 1. The van der Waals surface area contributed by atoms with Gasteiger partial charge in [0.25, 0.3) is 0 Å². The Hall–Kier alpha value is -0.0200. The molecule has 1 rings (SSSR count). The first-order valence-electron chi connectivity index (χ1n) is 7.03. The summed E-state index contributed by atoms with van der Waals surface area (Å²) >= 11 is 3.69. The maximum atomic E-state index is 4.45. The summed E-state index contributed by atoms with van der Waals surface area (Å²) in [6.07, 6.45) is 5.60. The van der Waals surface area contributed by atoms with Gasteiger partial charge in [-0.3, -0.25) is 4.99 Å². The molecule has 0 atom stereocenters. The van der Waals surface area contributed by atoms with Crippen molar-refractivity contribution in [2.75, 3.05) is 32.1 Å². The van der Waals surface area contributed by atoms with Gasteiger partial charge >= 0.3 is 0 Å². The standard InChI is InChI=1S/C14H26N4S2.HI/c1-11-13(20-12(2)18-11)7-9-17-14(15-3)16-8-5-6-10-19-4;/h5-10H2,1-4H3,(H2,15,16,17);1H. The lowest BCUT2D eigenvalue weighted by Gasteiger charge is -2.11. The van der Waals surface area contributed by atoms with E-state index in [1.54, 1.807) is 11.3 Å². The number of nitrogens with zero attached hydrogens (tertiary/aromatic N) is 2. The Balaban J connectivity index is 0.00000400. The van der Waals surface area contributed by atoms with Crippen LogP contribution in [0.3, 0.4) is 0 Å². The highest BCUT2D eigenvalue weighted by Gasteiger charge is 2.04. The Bertz CT molecular complexity index is 421. The minimum Gasteiger partial charge on any atom is -0.356 e. The van der Waals surface area contributed by atoms with Gasteiger partial charge in [-0.2, -0.15) is 11.8 Å². The van der Waals surface area contributed by atoms with Crippen molar-refractivity contribution in [1.82, 2.24) is 15.6 Å². The van der Waals surface area contributed by atoms with Crippen LogP contribution < -0.4 is 10.6 Å². The van der Waals surface area contributed by atoms with Crippen molar-refractivity contribution in [2.45, 2.75) is 33.1 Å². The van der Waals surface area contributed by atoms with E-state index >= 15 is 0 Å². The number of aliphatic imine (C=N–C) groups is 1. The van der Waals surface area contributed by atoms with Gasteiger partial charge in [0, 0.05) is 31.4 Å². The number of guanidine groups is 1. The van der Waals surface area contributed by atoms with Crippen molar-refractivity contribution in [3.05, 3.63) is 15.6 Å². The largest absolute Gasteiger partial charge is 0.356 e. The van der Waals surface area contributed by atoms with Crippen LogP contribution in [0.5, 0.6) is 0 Å². The fraction of sp³-hybridized carbons (Fsp3) is 0.714.